The zero-order valence-corrected chi connectivity index (χ0v) is 13.8. The second-order valence-electron chi connectivity index (χ2n) is 5.36. The second kappa shape index (κ2) is 7.55. The van der Waals surface area contributed by atoms with Gasteiger partial charge in [0.15, 0.2) is 0 Å². The maximum absolute atomic E-state index is 8.91. The molecule has 23 heavy (non-hydrogen) atoms. The Kier molecular flexibility index (Phi) is 5.23. The highest BCUT2D eigenvalue weighted by molar-refractivity contribution is 7.17. The molecule has 0 radical (unpaired) electrons. The monoisotopic (exact) mass is 328 g/mol. The first kappa shape index (κ1) is 15.9. The number of benzene rings is 1. The standard InChI is InChI=1S/C18H20N2O2S/c1-13(15-10-18-16(20-12-15)6-9-23-18)19-11-14-4-2-3-5-17(14)22-8-7-21/h2-6,9-10,12-13,19,21H,7-8,11H2,1H3. The van der Waals surface area contributed by atoms with E-state index in [0.29, 0.717) is 13.2 Å². The van der Waals surface area contributed by atoms with E-state index in [0.717, 1.165) is 16.8 Å². The molecule has 1 atom stereocenters. The summed E-state index contributed by atoms with van der Waals surface area (Å²) in [5, 5.41) is 14.5. The SMILES string of the molecule is CC(NCc1ccccc1OCCO)c1cnc2ccsc2c1. The zero-order valence-electron chi connectivity index (χ0n) is 13.0. The molecule has 1 aromatic carbocycles. The summed E-state index contributed by atoms with van der Waals surface area (Å²) >= 11 is 1.71. The number of hydrogen-bond acceptors (Lipinski definition) is 5. The Balaban J connectivity index is 1.67. The van der Waals surface area contributed by atoms with Crippen LogP contribution in [0.15, 0.2) is 48.0 Å². The van der Waals surface area contributed by atoms with Crippen molar-refractivity contribution < 1.29 is 9.84 Å². The second-order valence-corrected chi connectivity index (χ2v) is 6.30. The third-order valence-electron chi connectivity index (χ3n) is 3.74. The quantitative estimate of drug-likeness (QED) is 0.697. The van der Waals surface area contributed by atoms with Crippen molar-refractivity contribution in [3.63, 3.8) is 0 Å². The van der Waals surface area contributed by atoms with Crippen molar-refractivity contribution in [2.24, 2.45) is 0 Å². The molecule has 0 fully saturated rings. The molecule has 3 rings (SSSR count). The summed E-state index contributed by atoms with van der Waals surface area (Å²) in [6.07, 6.45) is 1.93. The van der Waals surface area contributed by atoms with Gasteiger partial charge in [-0.3, -0.25) is 4.98 Å². The predicted octanol–water partition coefficient (Wildman–Crippen LogP) is 3.52. The van der Waals surface area contributed by atoms with Crippen LogP contribution in [0.1, 0.15) is 24.1 Å². The van der Waals surface area contributed by atoms with Crippen molar-refractivity contribution in [3.8, 4) is 5.75 Å². The number of nitrogens with zero attached hydrogens (tertiary/aromatic N) is 1. The van der Waals surface area contributed by atoms with E-state index in [1.54, 1.807) is 11.3 Å². The summed E-state index contributed by atoms with van der Waals surface area (Å²) < 4.78 is 6.78. The summed E-state index contributed by atoms with van der Waals surface area (Å²) in [6, 6.07) is 12.3. The first-order chi connectivity index (χ1) is 11.3. The molecule has 5 heteroatoms. The third kappa shape index (κ3) is 3.88. The summed E-state index contributed by atoms with van der Waals surface area (Å²) in [5.74, 6) is 0.813. The number of aromatic nitrogens is 1. The molecule has 2 N–H and O–H groups in total. The van der Waals surface area contributed by atoms with Gasteiger partial charge >= 0.3 is 0 Å². The van der Waals surface area contributed by atoms with Crippen molar-refractivity contribution >= 4 is 21.6 Å². The summed E-state index contributed by atoms with van der Waals surface area (Å²) in [7, 11) is 0. The summed E-state index contributed by atoms with van der Waals surface area (Å²) in [5.41, 5.74) is 3.31. The van der Waals surface area contributed by atoms with Crippen LogP contribution < -0.4 is 10.1 Å². The number of nitrogens with one attached hydrogen (secondary N) is 1. The number of pyridine rings is 1. The van der Waals surface area contributed by atoms with Crippen LogP contribution in [0.25, 0.3) is 10.2 Å². The number of aliphatic hydroxyl groups is 1. The van der Waals surface area contributed by atoms with E-state index < -0.39 is 0 Å². The third-order valence-corrected chi connectivity index (χ3v) is 4.60. The lowest BCUT2D eigenvalue weighted by atomic mass is 10.1. The van der Waals surface area contributed by atoms with E-state index in [4.69, 9.17) is 9.84 Å². The molecule has 0 saturated heterocycles. The summed E-state index contributed by atoms with van der Waals surface area (Å²) in [4.78, 5) is 4.49. The largest absolute Gasteiger partial charge is 0.491 e. The zero-order chi connectivity index (χ0) is 16.1. The van der Waals surface area contributed by atoms with Gasteiger partial charge in [0.25, 0.3) is 0 Å². The minimum atomic E-state index is 0.0185. The van der Waals surface area contributed by atoms with Gasteiger partial charge in [-0.2, -0.15) is 0 Å². The number of ether oxygens (including phenoxy) is 1. The highest BCUT2D eigenvalue weighted by atomic mass is 32.1. The average molecular weight is 328 g/mol. The van der Waals surface area contributed by atoms with Gasteiger partial charge in [-0.15, -0.1) is 11.3 Å². The van der Waals surface area contributed by atoms with E-state index >= 15 is 0 Å². The fourth-order valence-corrected chi connectivity index (χ4v) is 3.21. The Bertz CT molecular complexity index is 772. The molecule has 0 spiro atoms. The van der Waals surface area contributed by atoms with Gasteiger partial charge in [-0.25, -0.2) is 0 Å². The van der Waals surface area contributed by atoms with Crippen LogP contribution in [0.4, 0.5) is 0 Å². The Morgan fingerprint density at radius 2 is 2.17 bits per heavy atom. The molecule has 0 amide bonds. The maximum atomic E-state index is 8.91. The molecule has 4 nitrogen and oxygen atoms in total. The van der Waals surface area contributed by atoms with Crippen molar-refractivity contribution in [2.75, 3.05) is 13.2 Å². The number of rotatable bonds is 7. The first-order valence-electron chi connectivity index (χ1n) is 7.66. The lowest BCUT2D eigenvalue weighted by Crippen LogP contribution is -2.19. The van der Waals surface area contributed by atoms with Gasteiger partial charge in [0.1, 0.15) is 12.4 Å². The molecular formula is C18H20N2O2S. The Morgan fingerprint density at radius 3 is 3.04 bits per heavy atom. The van der Waals surface area contributed by atoms with E-state index in [9.17, 15) is 0 Å². The lowest BCUT2D eigenvalue weighted by molar-refractivity contribution is 0.200. The van der Waals surface area contributed by atoms with Crippen LogP contribution in [-0.2, 0) is 6.54 Å². The van der Waals surface area contributed by atoms with Crippen LogP contribution >= 0.6 is 11.3 Å². The molecule has 0 aliphatic heterocycles. The van der Waals surface area contributed by atoms with Crippen LogP contribution in [-0.4, -0.2) is 23.3 Å². The number of thiophene rings is 1. The normalized spacial score (nSPS) is 12.4. The number of aliphatic hydroxyl groups excluding tert-OH is 1. The molecular weight excluding hydrogens is 308 g/mol. The van der Waals surface area contributed by atoms with Crippen LogP contribution in [0.3, 0.4) is 0 Å². The Hall–Kier alpha value is -1.95. The van der Waals surface area contributed by atoms with Gasteiger partial charge in [0.05, 0.1) is 16.8 Å². The maximum Gasteiger partial charge on any atom is 0.123 e. The topological polar surface area (TPSA) is 54.4 Å². The van der Waals surface area contributed by atoms with Crippen LogP contribution in [0.5, 0.6) is 5.75 Å². The predicted molar refractivity (Wildman–Crippen MR) is 93.9 cm³/mol. The van der Waals surface area contributed by atoms with E-state index in [-0.39, 0.29) is 12.6 Å². The number of fused-ring (bicyclic) bond motifs is 1. The average Bonchev–Trinajstić information content (AvgIpc) is 3.06. The lowest BCUT2D eigenvalue weighted by Gasteiger charge is -2.16. The fourth-order valence-electron chi connectivity index (χ4n) is 2.43. The van der Waals surface area contributed by atoms with E-state index in [1.807, 2.05) is 36.5 Å². The van der Waals surface area contributed by atoms with Crippen LogP contribution in [0.2, 0.25) is 0 Å². The summed E-state index contributed by atoms with van der Waals surface area (Å²) in [6.45, 7) is 3.16. The molecule has 0 bridgehead atoms. The van der Waals surface area contributed by atoms with Gasteiger partial charge in [-0.05, 0) is 36.1 Å². The first-order valence-corrected chi connectivity index (χ1v) is 8.54. The van der Waals surface area contributed by atoms with Gasteiger partial charge in [0, 0.05) is 24.3 Å². The van der Waals surface area contributed by atoms with Crippen LogP contribution in [0, 0.1) is 0 Å². The molecule has 1 unspecified atom stereocenters. The van der Waals surface area contributed by atoms with Gasteiger partial charge in [0.2, 0.25) is 0 Å². The van der Waals surface area contributed by atoms with Crippen molar-refractivity contribution in [3.05, 3.63) is 59.1 Å². The van der Waals surface area contributed by atoms with Crippen molar-refractivity contribution in [1.82, 2.24) is 10.3 Å². The Morgan fingerprint density at radius 1 is 1.30 bits per heavy atom. The molecule has 120 valence electrons. The molecule has 0 saturated carbocycles. The highest BCUT2D eigenvalue weighted by Gasteiger charge is 2.09. The molecule has 2 aromatic heterocycles. The molecule has 0 aliphatic carbocycles. The highest BCUT2D eigenvalue weighted by Crippen LogP contribution is 2.24. The van der Waals surface area contributed by atoms with Crippen molar-refractivity contribution in [2.45, 2.75) is 19.5 Å². The van der Waals surface area contributed by atoms with Gasteiger partial charge in [-0.1, -0.05) is 18.2 Å². The molecule has 2 heterocycles. The number of para-hydroxylation sites is 1. The van der Waals surface area contributed by atoms with E-state index in [1.165, 1.54) is 10.3 Å². The van der Waals surface area contributed by atoms with E-state index in [2.05, 4.69) is 28.7 Å². The molecule has 0 aliphatic rings. The molecule has 3 aromatic rings. The smallest absolute Gasteiger partial charge is 0.123 e. The van der Waals surface area contributed by atoms with Gasteiger partial charge < -0.3 is 15.2 Å². The van der Waals surface area contributed by atoms with Crippen molar-refractivity contribution in [1.29, 1.82) is 0 Å². The number of hydrogen-bond donors (Lipinski definition) is 2. The minimum absolute atomic E-state index is 0.0185. The minimum Gasteiger partial charge on any atom is -0.491 e. The Labute approximate surface area is 139 Å². The fraction of sp³-hybridized carbons (Fsp3) is 0.278.